The molecule has 0 unspecified atom stereocenters. The highest BCUT2D eigenvalue weighted by Crippen LogP contribution is 2.37. The molecule has 13 heteroatoms. The van der Waals surface area contributed by atoms with Crippen molar-refractivity contribution in [2.24, 2.45) is 0 Å². The van der Waals surface area contributed by atoms with Gasteiger partial charge in [-0.3, -0.25) is 19.1 Å². The molecule has 41 heavy (non-hydrogen) atoms. The number of benzene rings is 2. The van der Waals surface area contributed by atoms with Gasteiger partial charge in [-0.05, 0) is 42.2 Å². The molecular formula is C28H25F4N5O4. The Morgan fingerprint density at radius 1 is 1.07 bits per heavy atom. The standard InChI is InChI=1S/C28H25F4N5O4/c1-34-21-10-19-12-35(27(40)28(30,31)32)8-6-16(19)11-23(21)41-15-22(25(34)38)37-9-7-18-14-36(33-24(18)26(37)39)13-17-4-2-3-5-20(17)29/h2-5,10-11,14,22H,6-9,12-13,15H2,1H3/t22-/m0/s1. The van der Waals surface area contributed by atoms with E-state index in [0.717, 1.165) is 10.5 Å². The van der Waals surface area contributed by atoms with Crippen LogP contribution in [0.3, 0.4) is 0 Å². The molecule has 3 aliphatic heterocycles. The zero-order chi connectivity index (χ0) is 29.1. The van der Waals surface area contributed by atoms with Crippen LogP contribution in [0, 0.1) is 5.82 Å². The number of halogens is 4. The predicted molar refractivity (Wildman–Crippen MR) is 137 cm³/mol. The van der Waals surface area contributed by atoms with Crippen LogP contribution in [0.1, 0.15) is 32.7 Å². The van der Waals surface area contributed by atoms with Crippen LogP contribution in [0.15, 0.2) is 42.6 Å². The Morgan fingerprint density at radius 3 is 2.59 bits per heavy atom. The molecule has 0 radical (unpaired) electrons. The van der Waals surface area contributed by atoms with Crippen LogP contribution in [0.2, 0.25) is 0 Å². The minimum Gasteiger partial charge on any atom is -0.489 e. The van der Waals surface area contributed by atoms with Crippen molar-refractivity contribution in [1.82, 2.24) is 19.6 Å². The van der Waals surface area contributed by atoms with E-state index in [4.69, 9.17) is 4.74 Å². The Labute approximate surface area is 231 Å². The fourth-order valence-corrected chi connectivity index (χ4v) is 5.59. The normalized spacial score (nSPS) is 18.9. The summed E-state index contributed by atoms with van der Waals surface area (Å²) in [5.41, 5.74) is 2.89. The topological polar surface area (TPSA) is 88.0 Å². The number of anilines is 1. The Balaban J connectivity index is 1.22. The van der Waals surface area contributed by atoms with Gasteiger partial charge in [-0.2, -0.15) is 18.3 Å². The molecule has 3 amide bonds. The van der Waals surface area contributed by atoms with Gasteiger partial charge in [0.1, 0.15) is 24.2 Å². The molecule has 4 heterocycles. The van der Waals surface area contributed by atoms with Gasteiger partial charge in [-0.1, -0.05) is 18.2 Å². The minimum absolute atomic E-state index is 0.0876. The quantitative estimate of drug-likeness (QED) is 0.452. The van der Waals surface area contributed by atoms with Crippen LogP contribution in [-0.4, -0.2) is 76.3 Å². The van der Waals surface area contributed by atoms with E-state index in [-0.39, 0.29) is 50.7 Å². The number of hydrogen-bond donors (Lipinski definition) is 0. The number of amides is 3. The second-order valence-electron chi connectivity index (χ2n) is 10.3. The van der Waals surface area contributed by atoms with Gasteiger partial charge < -0.3 is 19.4 Å². The Kier molecular flexibility index (Phi) is 6.46. The van der Waals surface area contributed by atoms with Gasteiger partial charge in [-0.25, -0.2) is 4.39 Å². The Bertz CT molecular complexity index is 1570. The van der Waals surface area contributed by atoms with E-state index in [1.54, 1.807) is 36.5 Å². The smallest absolute Gasteiger partial charge is 0.471 e. The zero-order valence-electron chi connectivity index (χ0n) is 21.9. The number of fused-ring (bicyclic) bond motifs is 3. The monoisotopic (exact) mass is 571 g/mol. The van der Waals surface area contributed by atoms with E-state index in [9.17, 15) is 31.9 Å². The number of nitrogens with zero attached hydrogens (tertiary/aromatic N) is 5. The maximum Gasteiger partial charge on any atom is 0.471 e. The van der Waals surface area contributed by atoms with E-state index in [2.05, 4.69) is 5.10 Å². The van der Waals surface area contributed by atoms with Gasteiger partial charge in [0.25, 0.3) is 11.8 Å². The molecule has 0 spiro atoms. The first-order valence-electron chi connectivity index (χ1n) is 13.0. The van der Waals surface area contributed by atoms with E-state index in [1.165, 1.54) is 27.6 Å². The summed E-state index contributed by atoms with van der Waals surface area (Å²) < 4.78 is 60.6. The molecule has 0 fully saturated rings. The van der Waals surface area contributed by atoms with Gasteiger partial charge in [0.2, 0.25) is 0 Å². The number of hydrogen-bond acceptors (Lipinski definition) is 5. The van der Waals surface area contributed by atoms with Gasteiger partial charge in [0.15, 0.2) is 5.69 Å². The SMILES string of the molecule is CN1C(=O)[C@@H](N2CCc3cn(Cc4ccccc4F)nc3C2=O)COc2cc3c(cc21)CN(C(=O)C(F)(F)F)CC3. The summed E-state index contributed by atoms with van der Waals surface area (Å²) in [7, 11) is 1.51. The first-order chi connectivity index (χ1) is 19.5. The van der Waals surface area contributed by atoms with Crippen LogP contribution >= 0.6 is 0 Å². The third kappa shape index (κ3) is 4.78. The van der Waals surface area contributed by atoms with Gasteiger partial charge in [0.05, 0.1) is 12.2 Å². The van der Waals surface area contributed by atoms with Crippen molar-refractivity contribution in [2.75, 3.05) is 31.6 Å². The maximum absolute atomic E-state index is 14.1. The van der Waals surface area contributed by atoms with E-state index in [1.807, 2.05) is 0 Å². The minimum atomic E-state index is -4.97. The molecule has 2 aromatic carbocycles. The molecule has 0 aliphatic carbocycles. The predicted octanol–water partition coefficient (Wildman–Crippen LogP) is 2.94. The van der Waals surface area contributed by atoms with Crippen LogP contribution in [-0.2, 0) is 35.5 Å². The Morgan fingerprint density at radius 2 is 1.83 bits per heavy atom. The summed E-state index contributed by atoms with van der Waals surface area (Å²) in [4.78, 5) is 42.4. The number of likely N-dealkylation sites (N-methyl/N-ethyl adjacent to an activating group) is 1. The number of aromatic nitrogens is 2. The number of ether oxygens (including phenoxy) is 1. The lowest BCUT2D eigenvalue weighted by atomic mass is 9.98. The van der Waals surface area contributed by atoms with Gasteiger partial charge in [-0.15, -0.1) is 0 Å². The fourth-order valence-electron chi connectivity index (χ4n) is 5.59. The highest BCUT2D eigenvalue weighted by molar-refractivity contribution is 6.03. The van der Waals surface area contributed by atoms with Crippen molar-refractivity contribution in [2.45, 2.75) is 38.1 Å². The number of rotatable bonds is 3. The van der Waals surface area contributed by atoms with Crippen molar-refractivity contribution in [3.8, 4) is 5.75 Å². The molecule has 9 nitrogen and oxygen atoms in total. The average Bonchev–Trinajstić information content (AvgIpc) is 3.32. The van der Waals surface area contributed by atoms with Gasteiger partial charge >= 0.3 is 12.1 Å². The third-order valence-corrected chi connectivity index (χ3v) is 7.79. The van der Waals surface area contributed by atoms with E-state index >= 15 is 0 Å². The lowest BCUT2D eigenvalue weighted by Gasteiger charge is -2.33. The van der Waals surface area contributed by atoms with Crippen molar-refractivity contribution in [3.63, 3.8) is 0 Å². The second kappa shape index (κ2) is 9.89. The summed E-state index contributed by atoms with van der Waals surface area (Å²) >= 11 is 0. The van der Waals surface area contributed by atoms with Crippen LogP contribution in [0.25, 0.3) is 0 Å². The molecule has 3 aromatic rings. The molecule has 0 saturated heterocycles. The summed E-state index contributed by atoms with van der Waals surface area (Å²) in [5.74, 6) is -2.78. The molecule has 0 bridgehead atoms. The lowest BCUT2D eigenvalue weighted by molar-refractivity contribution is -0.186. The maximum atomic E-state index is 14.1. The molecule has 6 rings (SSSR count). The molecule has 214 valence electrons. The highest BCUT2D eigenvalue weighted by Gasteiger charge is 2.44. The van der Waals surface area contributed by atoms with E-state index in [0.29, 0.717) is 34.5 Å². The molecule has 0 saturated carbocycles. The fraction of sp³-hybridized carbons (Fsp3) is 0.357. The highest BCUT2D eigenvalue weighted by atomic mass is 19.4. The molecular weight excluding hydrogens is 546 g/mol. The first kappa shape index (κ1) is 26.8. The molecule has 0 N–H and O–H groups in total. The van der Waals surface area contributed by atoms with Crippen LogP contribution in [0.4, 0.5) is 23.2 Å². The molecule has 1 aromatic heterocycles. The number of alkyl halides is 3. The summed E-state index contributed by atoms with van der Waals surface area (Å²) in [6.45, 7) is -0.0605. The Hall–Kier alpha value is -4.42. The summed E-state index contributed by atoms with van der Waals surface area (Å²) in [6, 6.07) is 8.59. The lowest BCUT2D eigenvalue weighted by Crippen LogP contribution is -2.54. The van der Waals surface area contributed by atoms with Gasteiger partial charge in [0, 0.05) is 44.0 Å². The average molecular weight is 572 g/mol. The summed E-state index contributed by atoms with van der Waals surface area (Å²) in [6.07, 6.45) is -2.61. The molecule has 1 atom stereocenters. The van der Waals surface area contributed by atoms with Crippen molar-refractivity contribution >= 4 is 23.4 Å². The van der Waals surface area contributed by atoms with Crippen LogP contribution < -0.4 is 9.64 Å². The van der Waals surface area contributed by atoms with Crippen LogP contribution in [0.5, 0.6) is 5.75 Å². The largest absolute Gasteiger partial charge is 0.489 e. The third-order valence-electron chi connectivity index (χ3n) is 7.79. The van der Waals surface area contributed by atoms with Crippen molar-refractivity contribution < 1.29 is 36.7 Å². The number of carbonyl (C=O) groups is 3. The number of carbonyl (C=O) groups excluding carboxylic acids is 3. The molecule has 3 aliphatic rings. The van der Waals surface area contributed by atoms with E-state index < -0.39 is 29.9 Å². The van der Waals surface area contributed by atoms with Crippen molar-refractivity contribution in [3.05, 3.63) is 76.4 Å². The second-order valence-corrected chi connectivity index (χ2v) is 10.3. The summed E-state index contributed by atoms with van der Waals surface area (Å²) in [5, 5.41) is 4.39. The zero-order valence-corrected chi connectivity index (χ0v) is 21.9. The first-order valence-corrected chi connectivity index (χ1v) is 13.0. The van der Waals surface area contributed by atoms with Crippen molar-refractivity contribution in [1.29, 1.82) is 0 Å².